The molecule has 21 heavy (non-hydrogen) atoms. The molecule has 0 aliphatic carbocycles. The van der Waals surface area contributed by atoms with Gasteiger partial charge in [-0.3, -0.25) is 4.90 Å². The van der Waals surface area contributed by atoms with E-state index >= 15 is 0 Å². The second-order valence-corrected chi connectivity index (χ2v) is 5.97. The molecule has 0 atom stereocenters. The molecule has 0 amide bonds. The fraction of sp³-hybridized carbons (Fsp3) is 0.333. The van der Waals surface area contributed by atoms with Crippen molar-refractivity contribution in [2.45, 2.75) is 6.54 Å². The summed E-state index contributed by atoms with van der Waals surface area (Å²) in [6, 6.07) is 7.80. The lowest BCUT2D eigenvalue weighted by Crippen LogP contribution is -2.46. The highest BCUT2D eigenvalue weighted by Crippen LogP contribution is 2.24. The summed E-state index contributed by atoms with van der Waals surface area (Å²) in [5, 5.41) is 0. The van der Waals surface area contributed by atoms with Crippen LogP contribution in [0, 0.1) is 0 Å². The zero-order chi connectivity index (χ0) is 14.7. The number of halogens is 1. The molecular weight excluding hydrogens is 330 g/mol. The van der Waals surface area contributed by atoms with E-state index in [2.05, 4.69) is 35.7 Å². The summed E-state index contributed by atoms with van der Waals surface area (Å²) < 4.78 is 1.08. The predicted molar refractivity (Wildman–Crippen MR) is 88.1 cm³/mol. The number of benzene rings is 1. The Hall–Kier alpha value is -1.66. The number of nitrogens with two attached hydrogens (primary N) is 1. The Labute approximate surface area is 132 Å². The smallest absolute Gasteiger partial charge is 0.225 e. The minimum Gasteiger partial charge on any atom is -0.398 e. The summed E-state index contributed by atoms with van der Waals surface area (Å²) in [5.74, 6) is 0.817. The number of hydrogen-bond acceptors (Lipinski definition) is 5. The van der Waals surface area contributed by atoms with Crippen molar-refractivity contribution in [1.29, 1.82) is 0 Å². The van der Waals surface area contributed by atoms with Crippen LogP contribution in [0.3, 0.4) is 0 Å². The van der Waals surface area contributed by atoms with Crippen molar-refractivity contribution >= 4 is 27.6 Å². The van der Waals surface area contributed by atoms with Crippen LogP contribution in [-0.4, -0.2) is 41.0 Å². The third kappa shape index (κ3) is 3.33. The SMILES string of the molecule is Nc1cccc(Br)c1CN1CCN(c2ncccn2)CC1. The van der Waals surface area contributed by atoms with Crippen molar-refractivity contribution in [2.75, 3.05) is 36.8 Å². The monoisotopic (exact) mass is 347 g/mol. The Bertz CT molecular complexity index is 576. The summed E-state index contributed by atoms with van der Waals surface area (Å²) >= 11 is 3.59. The van der Waals surface area contributed by atoms with Crippen molar-refractivity contribution in [3.8, 4) is 0 Å². The Balaban J connectivity index is 1.62. The van der Waals surface area contributed by atoms with E-state index in [1.54, 1.807) is 12.4 Å². The van der Waals surface area contributed by atoms with E-state index in [1.165, 1.54) is 5.56 Å². The Morgan fingerprint density at radius 2 is 1.76 bits per heavy atom. The van der Waals surface area contributed by atoms with E-state index in [1.807, 2.05) is 24.3 Å². The maximum atomic E-state index is 6.07. The molecule has 2 aromatic rings. The van der Waals surface area contributed by atoms with Gasteiger partial charge in [-0.05, 0) is 18.2 Å². The summed E-state index contributed by atoms with van der Waals surface area (Å²) in [6.07, 6.45) is 3.58. The Morgan fingerprint density at radius 3 is 2.43 bits per heavy atom. The number of nitrogens with zero attached hydrogens (tertiary/aromatic N) is 4. The number of anilines is 2. The lowest BCUT2D eigenvalue weighted by atomic mass is 10.1. The first-order valence-corrected chi connectivity index (χ1v) is 7.80. The molecule has 1 aliphatic heterocycles. The molecule has 2 heterocycles. The van der Waals surface area contributed by atoms with Crippen molar-refractivity contribution in [1.82, 2.24) is 14.9 Å². The fourth-order valence-corrected chi connectivity index (χ4v) is 3.03. The van der Waals surface area contributed by atoms with E-state index in [0.717, 1.165) is 48.8 Å². The molecule has 0 unspecified atom stereocenters. The maximum absolute atomic E-state index is 6.07. The highest BCUT2D eigenvalue weighted by Gasteiger charge is 2.19. The van der Waals surface area contributed by atoms with Crippen LogP contribution in [0.4, 0.5) is 11.6 Å². The van der Waals surface area contributed by atoms with Gasteiger partial charge in [0.2, 0.25) is 5.95 Å². The van der Waals surface area contributed by atoms with E-state index in [4.69, 9.17) is 5.73 Å². The minimum absolute atomic E-state index is 0.817. The van der Waals surface area contributed by atoms with Gasteiger partial charge < -0.3 is 10.6 Å². The van der Waals surface area contributed by atoms with Gasteiger partial charge in [-0.1, -0.05) is 22.0 Å². The average Bonchev–Trinajstić information content (AvgIpc) is 2.53. The van der Waals surface area contributed by atoms with Crippen LogP contribution < -0.4 is 10.6 Å². The molecule has 110 valence electrons. The van der Waals surface area contributed by atoms with Gasteiger partial charge in [0.1, 0.15) is 0 Å². The van der Waals surface area contributed by atoms with Crippen molar-refractivity contribution in [3.63, 3.8) is 0 Å². The molecule has 1 aliphatic rings. The predicted octanol–water partition coefficient (Wildman–Crippen LogP) is 2.14. The summed E-state index contributed by atoms with van der Waals surface area (Å²) in [5.41, 5.74) is 8.08. The number of piperazine rings is 1. The normalized spacial score (nSPS) is 16.1. The average molecular weight is 348 g/mol. The maximum Gasteiger partial charge on any atom is 0.225 e. The molecule has 2 N–H and O–H groups in total. The summed E-state index contributed by atoms with van der Waals surface area (Å²) in [7, 11) is 0. The topological polar surface area (TPSA) is 58.3 Å². The second kappa shape index (κ2) is 6.41. The van der Waals surface area contributed by atoms with Crippen LogP contribution in [-0.2, 0) is 6.54 Å². The zero-order valence-corrected chi connectivity index (χ0v) is 13.3. The van der Waals surface area contributed by atoms with Gasteiger partial charge in [0, 0.05) is 60.8 Å². The molecule has 6 heteroatoms. The highest BCUT2D eigenvalue weighted by molar-refractivity contribution is 9.10. The lowest BCUT2D eigenvalue weighted by Gasteiger charge is -2.35. The first-order chi connectivity index (χ1) is 10.2. The number of aromatic nitrogens is 2. The minimum atomic E-state index is 0.817. The van der Waals surface area contributed by atoms with E-state index in [-0.39, 0.29) is 0 Å². The molecule has 1 saturated heterocycles. The van der Waals surface area contributed by atoms with Crippen LogP contribution in [0.2, 0.25) is 0 Å². The van der Waals surface area contributed by atoms with Gasteiger partial charge >= 0.3 is 0 Å². The van der Waals surface area contributed by atoms with Gasteiger partial charge in [-0.2, -0.15) is 0 Å². The van der Waals surface area contributed by atoms with Gasteiger partial charge in [-0.25, -0.2) is 9.97 Å². The molecule has 0 bridgehead atoms. The molecule has 1 aromatic carbocycles. The van der Waals surface area contributed by atoms with E-state index in [9.17, 15) is 0 Å². The van der Waals surface area contributed by atoms with Crippen LogP contribution >= 0.6 is 15.9 Å². The molecule has 1 aromatic heterocycles. The molecule has 0 radical (unpaired) electrons. The molecule has 1 fully saturated rings. The van der Waals surface area contributed by atoms with Gasteiger partial charge in [0.25, 0.3) is 0 Å². The van der Waals surface area contributed by atoms with Crippen molar-refractivity contribution < 1.29 is 0 Å². The third-order valence-electron chi connectivity index (χ3n) is 3.74. The van der Waals surface area contributed by atoms with E-state index in [0.29, 0.717) is 0 Å². The van der Waals surface area contributed by atoms with Crippen LogP contribution in [0.25, 0.3) is 0 Å². The van der Waals surface area contributed by atoms with Crippen molar-refractivity contribution in [2.24, 2.45) is 0 Å². The quantitative estimate of drug-likeness (QED) is 0.862. The standard InChI is InChI=1S/C15H18BrN5/c16-13-3-1-4-14(17)12(13)11-20-7-9-21(10-8-20)15-18-5-2-6-19-15/h1-6H,7-11,17H2. The third-order valence-corrected chi connectivity index (χ3v) is 4.49. The van der Waals surface area contributed by atoms with Crippen LogP contribution in [0.1, 0.15) is 5.56 Å². The molecule has 5 nitrogen and oxygen atoms in total. The lowest BCUT2D eigenvalue weighted by molar-refractivity contribution is 0.248. The van der Waals surface area contributed by atoms with Crippen molar-refractivity contribution in [3.05, 3.63) is 46.7 Å². The van der Waals surface area contributed by atoms with Gasteiger partial charge in [-0.15, -0.1) is 0 Å². The van der Waals surface area contributed by atoms with E-state index < -0.39 is 0 Å². The molecule has 0 spiro atoms. The molecular formula is C15H18BrN5. The van der Waals surface area contributed by atoms with Gasteiger partial charge in [0.05, 0.1) is 0 Å². The highest BCUT2D eigenvalue weighted by atomic mass is 79.9. The first-order valence-electron chi connectivity index (χ1n) is 7.01. The summed E-state index contributed by atoms with van der Waals surface area (Å²) in [6.45, 7) is 4.72. The first kappa shape index (κ1) is 14.3. The van der Waals surface area contributed by atoms with Gasteiger partial charge in [0.15, 0.2) is 0 Å². The van der Waals surface area contributed by atoms with Crippen LogP contribution in [0.5, 0.6) is 0 Å². The Morgan fingerprint density at radius 1 is 1.05 bits per heavy atom. The van der Waals surface area contributed by atoms with Crippen LogP contribution in [0.15, 0.2) is 41.1 Å². The Kier molecular flexibility index (Phi) is 4.36. The number of nitrogen functional groups attached to an aromatic ring is 1. The number of rotatable bonds is 3. The molecule has 0 saturated carbocycles. The fourth-order valence-electron chi connectivity index (χ4n) is 2.53. The number of hydrogen-bond donors (Lipinski definition) is 1. The second-order valence-electron chi connectivity index (χ2n) is 5.12. The zero-order valence-electron chi connectivity index (χ0n) is 11.7. The molecule has 3 rings (SSSR count). The largest absolute Gasteiger partial charge is 0.398 e. The summed E-state index contributed by atoms with van der Waals surface area (Å²) in [4.78, 5) is 13.3.